The number of rotatable bonds is 3. The van der Waals surface area contributed by atoms with Gasteiger partial charge in [0.25, 0.3) is 0 Å². The van der Waals surface area contributed by atoms with Gasteiger partial charge in [0.15, 0.2) is 0 Å². The number of hydrogen-bond acceptors (Lipinski definition) is 6. The van der Waals surface area contributed by atoms with Crippen molar-refractivity contribution in [3.05, 3.63) is 66.5 Å². The van der Waals surface area contributed by atoms with E-state index in [2.05, 4.69) is 9.97 Å². The van der Waals surface area contributed by atoms with Crippen LogP contribution in [0.25, 0.3) is 28.3 Å². The molecule has 0 saturated carbocycles. The minimum absolute atomic E-state index is 0.183. The molecule has 3 heterocycles. The molecule has 0 fully saturated rings. The van der Waals surface area contributed by atoms with Crippen molar-refractivity contribution in [2.45, 2.75) is 0 Å². The van der Waals surface area contributed by atoms with Crippen molar-refractivity contribution in [1.82, 2.24) is 19.4 Å². The van der Waals surface area contributed by atoms with Gasteiger partial charge in [-0.25, -0.2) is 19.7 Å². The highest BCUT2D eigenvalue weighted by Crippen LogP contribution is 2.32. The summed E-state index contributed by atoms with van der Waals surface area (Å²) >= 11 is 0. The third kappa shape index (κ3) is 2.65. The highest BCUT2D eigenvalue weighted by atomic mass is 16.5. The molecule has 4 aromatic rings. The summed E-state index contributed by atoms with van der Waals surface area (Å²) in [5, 5.41) is 0. The van der Waals surface area contributed by atoms with Crippen LogP contribution in [0.5, 0.6) is 0 Å². The van der Waals surface area contributed by atoms with Crippen molar-refractivity contribution in [2.75, 3.05) is 12.8 Å². The van der Waals surface area contributed by atoms with E-state index in [-0.39, 0.29) is 5.95 Å². The number of fused-ring (bicyclic) bond motifs is 1. The van der Waals surface area contributed by atoms with Crippen molar-refractivity contribution in [3.8, 4) is 22.6 Å². The number of nitrogen functional groups attached to an aromatic ring is 1. The number of carbonyl (C=O) groups is 1. The van der Waals surface area contributed by atoms with Crippen LogP contribution in [0.3, 0.4) is 0 Å². The van der Waals surface area contributed by atoms with E-state index in [1.165, 1.54) is 7.11 Å². The minimum Gasteiger partial charge on any atom is -0.465 e. The van der Waals surface area contributed by atoms with Crippen molar-refractivity contribution >= 4 is 17.6 Å². The summed E-state index contributed by atoms with van der Waals surface area (Å²) in [6.07, 6.45) is 3.51. The van der Waals surface area contributed by atoms with Gasteiger partial charge >= 0.3 is 5.97 Å². The molecular weight excluding hydrogens is 330 g/mol. The molecule has 0 atom stereocenters. The molecule has 128 valence electrons. The first-order valence-electron chi connectivity index (χ1n) is 7.92. The number of benzene rings is 1. The fourth-order valence-electron chi connectivity index (χ4n) is 2.86. The zero-order valence-electron chi connectivity index (χ0n) is 14.0. The number of ether oxygens (including phenoxy) is 1. The van der Waals surface area contributed by atoms with Gasteiger partial charge in [-0.1, -0.05) is 18.2 Å². The quantitative estimate of drug-likeness (QED) is 0.574. The molecule has 0 aliphatic heterocycles. The Kier molecular flexibility index (Phi) is 3.81. The summed E-state index contributed by atoms with van der Waals surface area (Å²) in [7, 11) is 1.36. The van der Waals surface area contributed by atoms with E-state index in [0.29, 0.717) is 17.0 Å². The van der Waals surface area contributed by atoms with Crippen LogP contribution in [-0.2, 0) is 4.74 Å². The first-order chi connectivity index (χ1) is 12.7. The summed E-state index contributed by atoms with van der Waals surface area (Å²) in [5.74, 6) is -0.217. The maximum Gasteiger partial charge on any atom is 0.337 e. The molecule has 2 N–H and O–H groups in total. The number of nitrogens with two attached hydrogens (primary N) is 1. The summed E-state index contributed by atoms with van der Waals surface area (Å²) in [5.41, 5.74) is 9.88. The van der Waals surface area contributed by atoms with Gasteiger partial charge in [-0.3, -0.25) is 4.40 Å². The van der Waals surface area contributed by atoms with Crippen LogP contribution in [0.2, 0.25) is 0 Å². The van der Waals surface area contributed by atoms with Crippen molar-refractivity contribution < 1.29 is 9.53 Å². The Bertz CT molecular complexity index is 1120. The lowest BCUT2D eigenvalue weighted by Crippen LogP contribution is -2.01. The first-order valence-corrected chi connectivity index (χ1v) is 7.92. The summed E-state index contributed by atoms with van der Waals surface area (Å²) in [6, 6.07) is 14.6. The lowest BCUT2D eigenvalue weighted by molar-refractivity contribution is 0.0601. The lowest BCUT2D eigenvalue weighted by atomic mass is 10.1. The maximum absolute atomic E-state index is 11.9. The molecule has 4 rings (SSSR count). The Balaban J connectivity index is 1.99. The Hall–Kier alpha value is -3.74. The Labute approximate surface area is 149 Å². The number of pyridine rings is 1. The second-order valence-corrected chi connectivity index (χ2v) is 5.61. The largest absolute Gasteiger partial charge is 0.465 e. The summed E-state index contributed by atoms with van der Waals surface area (Å²) < 4.78 is 6.75. The Morgan fingerprint density at radius 2 is 2.00 bits per heavy atom. The molecule has 0 radical (unpaired) electrons. The highest BCUT2D eigenvalue weighted by Gasteiger charge is 2.18. The average molecular weight is 345 g/mol. The second kappa shape index (κ2) is 6.29. The number of nitrogens with zero attached hydrogens (tertiary/aromatic N) is 4. The number of methoxy groups -OCH3 is 1. The van der Waals surface area contributed by atoms with Crippen molar-refractivity contribution in [1.29, 1.82) is 0 Å². The normalized spacial score (nSPS) is 10.8. The SMILES string of the molecule is COC(=O)c1cccc(-c2nc3ccccn3c2-c2ccnc(N)n2)c1. The van der Waals surface area contributed by atoms with Crippen molar-refractivity contribution in [2.24, 2.45) is 0 Å². The third-order valence-corrected chi connectivity index (χ3v) is 4.00. The van der Waals surface area contributed by atoms with Crippen LogP contribution in [-0.4, -0.2) is 32.4 Å². The monoisotopic (exact) mass is 345 g/mol. The van der Waals surface area contributed by atoms with E-state index in [0.717, 1.165) is 16.9 Å². The topological polar surface area (TPSA) is 95.4 Å². The number of carbonyl (C=O) groups excluding carboxylic acids is 1. The van der Waals surface area contributed by atoms with E-state index in [4.69, 9.17) is 15.5 Å². The molecular formula is C19H15N5O2. The van der Waals surface area contributed by atoms with Gasteiger partial charge < -0.3 is 10.5 Å². The summed E-state index contributed by atoms with van der Waals surface area (Å²) in [6.45, 7) is 0. The van der Waals surface area contributed by atoms with Gasteiger partial charge in [-0.2, -0.15) is 0 Å². The number of imidazole rings is 1. The van der Waals surface area contributed by atoms with E-state index < -0.39 is 5.97 Å². The van der Waals surface area contributed by atoms with Crippen LogP contribution in [0.1, 0.15) is 10.4 Å². The van der Waals surface area contributed by atoms with Crippen LogP contribution in [0.15, 0.2) is 60.9 Å². The zero-order valence-corrected chi connectivity index (χ0v) is 14.0. The van der Waals surface area contributed by atoms with Gasteiger partial charge in [-0.15, -0.1) is 0 Å². The molecule has 0 amide bonds. The van der Waals surface area contributed by atoms with Crippen LogP contribution < -0.4 is 5.73 Å². The van der Waals surface area contributed by atoms with Crippen LogP contribution in [0, 0.1) is 0 Å². The molecule has 7 heteroatoms. The van der Waals surface area contributed by atoms with Crippen molar-refractivity contribution in [3.63, 3.8) is 0 Å². The lowest BCUT2D eigenvalue weighted by Gasteiger charge is -2.06. The zero-order chi connectivity index (χ0) is 18.1. The Morgan fingerprint density at radius 3 is 2.81 bits per heavy atom. The predicted octanol–water partition coefficient (Wildman–Crippen LogP) is 2.83. The minimum atomic E-state index is -0.400. The van der Waals surface area contributed by atoms with Gasteiger partial charge in [-0.05, 0) is 30.3 Å². The second-order valence-electron chi connectivity index (χ2n) is 5.61. The Morgan fingerprint density at radius 1 is 1.12 bits per heavy atom. The molecule has 0 unspecified atom stereocenters. The molecule has 26 heavy (non-hydrogen) atoms. The molecule has 0 aliphatic carbocycles. The molecule has 0 aliphatic rings. The molecule has 1 aromatic carbocycles. The van der Waals surface area contributed by atoms with Crippen LogP contribution in [0.4, 0.5) is 5.95 Å². The highest BCUT2D eigenvalue weighted by molar-refractivity contribution is 5.92. The smallest absolute Gasteiger partial charge is 0.337 e. The fourth-order valence-corrected chi connectivity index (χ4v) is 2.86. The molecule has 7 nitrogen and oxygen atoms in total. The van der Waals surface area contributed by atoms with E-state index in [9.17, 15) is 4.79 Å². The van der Waals surface area contributed by atoms with E-state index >= 15 is 0 Å². The third-order valence-electron chi connectivity index (χ3n) is 4.00. The first kappa shape index (κ1) is 15.8. The fraction of sp³-hybridized carbons (Fsp3) is 0.0526. The average Bonchev–Trinajstić information content (AvgIpc) is 3.07. The van der Waals surface area contributed by atoms with Gasteiger partial charge in [0.1, 0.15) is 5.65 Å². The van der Waals surface area contributed by atoms with E-state index in [1.807, 2.05) is 34.9 Å². The van der Waals surface area contributed by atoms with Gasteiger partial charge in [0, 0.05) is 18.0 Å². The number of hydrogen-bond donors (Lipinski definition) is 1. The number of aromatic nitrogens is 4. The molecule has 0 spiro atoms. The number of esters is 1. The number of anilines is 1. The van der Waals surface area contributed by atoms with E-state index in [1.54, 1.807) is 30.5 Å². The molecule has 0 bridgehead atoms. The summed E-state index contributed by atoms with van der Waals surface area (Å²) in [4.78, 5) is 24.9. The van der Waals surface area contributed by atoms with Gasteiger partial charge in [0.05, 0.1) is 29.8 Å². The molecule has 3 aromatic heterocycles. The predicted molar refractivity (Wildman–Crippen MR) is 97.4 cm³/mol. The molecule has 0 saturated heterocycles. The van der Waals surface area contributed by atoms with Gasteiger partial charge in [0.2, 0.25) is 5.95 Å². The van der Waals surface area contributed by atoms with Crippen LogP contribution >= 0.6 is 0 Å². The maximum atomic E-state index is 11.9. The standard InChI is InChI=1S/C19H15N5O2/c1-26-18(25)13-6-4-5-12(11-13)16-17(14-8-9-21-19(20)22-14)24-10-3-2-7-15(24)23-16/h2-11H,1H3,(H2,20,21,22).